The summed E-state index contributed by atoms with van der Waals surface area (Å²) < 4.78 is 5.53. The second-order valence-electron chi connectivity index (χ2n) is 4.60. The fourth-order valence-corrected chi connectivity index (χ4v) is 1.80. The summed E-state index contributed by atoms with van der Waals surface area (Å²) in [6.45, 7) is 6.80. The van der Waals surface area contributed by atoms with E-state index in [0.717, 1.165) is 18.8 Å². The van der Waals surface area contributed by atoms with Crippen LogP contribution in [0.4, 0.5) is 0 Å². The van der Waals surface area contributed by atoms with Crippen molar-refractivity contribution in [2.24, 2.45) is 0 Å². The van der Waals surface area contributed by atoms with Gasteiger partial charge < -0.3 is 14.4 Å². The van der Waals surface area contributed by atoms with E-state index in [1.807, 2.05) is 0 Å². The molecule has 1 amide bonds. The van der Waals surface area contributed by atoms with E-state index in [9.17, 15) is 9.59 Å². The molecule has 0 aliphatic heterocycles. The molecule has 1 rings (SSSR count). The standard InChI is InChI=1S/C14H22N2O4/c1-4-16(5-2)10-11-6-7-12(20-11)14(19)15(3)9-8-13(17)18/h6-7H,4-5,8-10H2,1-3H3,(H,17,18). The first-order chi connectivity index (χ1) is 9.47. The van der Waals surface area contributed by atoms with E-state index in [1.54, 1.807) is 19.2 Å². The van der Waals surface area contributed by atoms with Crippen molar-refractivity contribution in [3.05, 3.63) is 23.7 Å². The summed E-state index contributed by atoms with van der Waals surface area (Å²) in [6.07, 6.45) is -0.0742. The minimum Gasteiger partial charge on any atom is -0.481 e. The van der Waals surface area contributed by atoms with Crippen LogP contribution in [-0.4, -0.2) is 53.5 Å². The Bertz CT molecular complexity index is 452. The zero-order valence-corrected chi connectivity index (χ0v) is 12.3. The molecule has 6 nitrogen and oxygen atoms in total. The van der Waals surface area contributed by atoms with Crippen LogP contribution in [0, 0.1) is 0 Å². The Morgan fingerprint density at radius 1 is 1.25 bits per heavy atom. The molecule has 0 unspecified atom stereocenters. The third-order valence-corrected chi connectivity index (χ3v) is 3.15. The van der Waals surface area contributed by atoms with Crippen molar-refractivity contribution >= 4 is 11.9 Å². The Labute approximate surface area is 119 Å². The molecular weight excluding hydrogens is 260 g/mol. The van der Waals surface area contributed by atoms with Gasteiger partial charge in [0.2, 0.25) is 0 Å². The number of aliphatic carboxylic acids is 1. The number of furan rings is 1. The van der Waals surface area contributed by atoms with Crippen LogP contribution in [0.5, 0.6) is 0 Å². The van der Waals surface area contributed by atoms with E-state index < -0.39 is 5.97 Å². The van der Waals surface area contributed by atoms with E-state index >= 15 is 0 Å². The maximum atomic E-state index is 12.0. The highest BCUT2D eigenvalue weighted by atomic mass is 16.4. The Morgan fingerprint density at radius 3 is 2.45 bits per heavy atom. The highest BCUT2D eigenvalue weighted by Gasteiger charge is 2.17. The van der Waals surface area contributed by atoms with Crippen LogP contribution < -0.4 is 0 Å². The van der Waals surface area contributed by atoms with E-state index in [-0.39, 0.29) is 24.6 Å². The topological polar surface area (TPSA) is 74.0 Å². The molecule has 0 aromatic carbocycles. The minimum absolute atomic E-state index is 0.0742. The van der Waals surface area contributed by atoms with Crippen LogP contribution in [-0.2, 0) is 11.3 Å². The first-order valence-electron chi connectivity index (χ1n) is 6.76. The number of hydrogen-bond acceptors (Lipinski definition) is 4. The minimum atomic E-state index is -0.925. The summed E-state index contributed by atoms with van der Waals surface area (Å²) in [5.74, 6) is -0.230. The van der Waals surface area contributed by atoms with Gasteiger partial charge in [0.1, 0.15) is 5.76 Å². The molecule has 0 saturated carbocycles. The number of carboxylic acids is 1. The smallest absolute Gasteiger partial charge is 0.305 e. The molecule has 0 fully saturated rings. The SMILES string of the molecule is CCN(CC)Cc1ccc(C(=O)N(C)CCC(=O)O)o1. The van der Waals surface area contributed by atoms with Gasteiger partial charge in [-0.2, -0.15) is 0 Å². The van der Waals surface area contributed by atoms with Gasteiger partial charge in [-0.05, 0) is 25.2 Å². The summed E-state index contributed by atoms with van der Waals surface area (Å²) >= 11 is 0. The summed E-state index contributed by atoms with van der Waals surface area (Å²) in [4.78, 5) is 26.0. The number of hydrogen-bond donors (Lipinski definition) is 1. The molecule has 0 atom stereocenters. The molecule has 20 heavy (non-hydrogen) atoms. The fourth-order valence-electron chi connectivity index (χ4n) is 1.80. The lowest BCUT2D eigenvalue weighted by Crippen LogP contribution is -2.28. The van der Waals surface area contributed by atoms with Gasteiger partial charge >= 0.3 is 5.97 Å². The van der Waals surface area contributed by atoms with Crippen molar-refractivity contribution in [1.29, 1.82) is 0 Å². The Balaban J connectivity index is 2.61. The molecule has 0 saturated heterocycles. The monoisotopic (exact) mass is 282 g/mol. The lowest BCUT2D eigenvalue weighted by molar-refractivity contribution is -0.137. The van der Waals surface area contributed by atoms with Gasteiger partial charge in [0.15, 0.2) is 5.76 Å². The average molecular weight is 282 g/mol. The van der Waals surface area contributed by atoms with Crippen LogP contribution in [0.3, 0.4) is 0 Å². The number of carbonyl (C=O) groups excluding carboxylic acids is 1. The van der Waals surface area contributed by atoms with E-state index in [0.29, 0.717) is 6.54 Å². The van der Waals surface area contributed by atoms with Gasteiger partial charge in [0, 0.05) is 13.6 Å². The summed E-state index contributed by atoms with van der Waals surface area (Å²) in [5, 5.41) is 8.61. The van der Waals surface area contributed by atoms with E-state index in [2.05, 4.69) is 18.7 Å². The van der Waals surface area contributed by atoms with Crippen molar-refractivity contribution in [2.45, 2.75) is 26.8 Å². The molecular formula is C14H22N2O4. The fraction of sp³-hybridized carbons (Fsp3) is 0.571. The van der Waals surface area contributed by atoms with Crippen LogP contribution in [0.2, 0.25) is 0 Å². The predicted octanol–water partition coefficient (Wildman–Crippen LogP) is 1.67. The number of carbonyl (C=O) groups is 2. The molecule has 0 aliphatic rings. The van der Waals surface area contributed by atoms with Crippen LogP contribution >= 0.6 is 0 Å². The number of carboxylic acid groups (broad SMARTS) is 1. The Hall–Kier alpha value is -1.82. The molecule has 0 bridgehead atoms. The summed E-state index contributed by atoms with van der Waals surface area (Å²) in [5.41, 5.74) is 0. The average Bonchev–Trinajstić information content (AvgIpc) is 2.89. The molecule has 1 N–H and O–H groups in total. The second-order valence-corrected chi connectivity index (χ2v) is 4.60. The maximum Gasteiger partial charge on any atom is 0.305 e. The highest BCUT2D eigenvalue weighted by Crippen LogP contribution is 2.12. The van der Waals surface area contributed by atoms with Crippen molar-refractivity contribution in [3.8, 4) is 0 Å². The zero-order valence-electron chi connectivity index (χ0n) is 12.3. The second kappa shape index (κ2) is 7.69. The Morgan fingerprint density at radius 2 is 1.90 bits per heavy atom. The molecule has 112 valence electrons. The number of nitrogens with zero attached hydrogens (tertiary/aromatic N) is 2. The molecule has 0 spiro atoms. The summed E-state index contributed by atoms with van der Waals surface area (Å²) in [6, 6.07) is 3.43. The van der Waals surface area contributed by atoms with Gasteiger partial charge in [0.05, 0.1) is 13.0 Å². The van der Waals surface area contributed by atoms with Gasteiger partial charge in [-0.3, -0.25) is 14.5 Å². The van der Waals surface area contributed by atoms with Gasteiger partial charge in [-0.1, -0.05) is 13.8 Å². The van der Waals surface area contributed by atoms with Crippen molar-refractivity contribution in [2.75, 3.05) is 26.7 Å². The molecule has 1 aromatic heterocycles. The van der Waals surface area contributed by atoms with Crippen molar-refractivity contribution < 1.29 is 19.1 Å². The molecule has 6 heteroatoms. The third kappa shape index (κ3) is 4.70. The lowest BCUT2D eigenvalue weighted by atomic mass is 10.3. The van der Waals surface area contributed by atoms with Crippen LogP contribution in [0.15, 0.2) is 16.5 Å². The lowest BCUT2D eigenvalue weighted by Gasteiger charge is -2.16. The van der Waals surface area contributed by atoms with Crippen LogP contribution in [0.1, 0.15) is 36.6 Å². The quantitative estimate of drug-likeness (QED) is 0.785. The Kier molecular flexibility index (Phi) is 6.24. The first kappa shape index (κ1) is 16.2. The van der Waals surface area contributed by atoms with Gasteiger partial charge in [-0.15, -0.1) is 0 Å². The van der Waals surface area contributed by atoms with E-state index in [1.165, 1.54) is 4.90 Å². The largest absolute Gasteiger partial charge is 0.481 e. The van der Waals surface area contributed by atoms with Crippen LogP contribution in [0.25, 0.3) is 0 Å². The predicted molar refractivity (Wildman–Crippen MR) is 74.5 cm³/mol. The van der Waals surface area contributed by atoms with Crippen molar-refractivity contribution in [3.63, 3.8) is 0 Å². The molecule has 0 radical (unpaired) electrons. The van der Waals surface area contributed by atoms with Gasteiger partial charge in [-0.25, -0.2) is 0 Å². The number of rotatable bonds is 8. The zero-order chi connectivity index (χ0) is 15.1. The maximum absolute atomic E-state index is 12.0. The third-order valence-electron chi connectivity index (χ3n) is 3.15. The van der Waals surface area contributed by atoms with E-state index in [4.69, 9.17) is 9.52 Å². The van der Waals surface area contributed by atoms with Gasteiger partial charge in [0.25, 0.3) is 5.91 Å². The first-order valence-corrected chi connectivity index (χ1v) is 6.76. The molecule has 0 aliphatic carbocycles. The molecule has 1 heterocycles. The number of amides is 1. The normalized spacial score (nSPS) is 10.8. The highest BCUT2D eigenvalue weighted by molar-refractivity contribution is 5.91. The summed E-state index contributed by atoms with van der Waals surface area (Å²) in [7, 11) is 1.57. The molecule has 1 aromatic rings. The van der Waals surface area contributed by atoms with Crippen molar-refractivity contribution in [1.82, 2.24) is 9.80 Å².